The van der Waals surface area contributed by atoms with E-state index in [0.29, 0.717) is 12.0 Å². The van der Waals surface area contributed by atoms with Crippen molar-refractivity contribution in [1.29, 1.82) is 0 Å². The lowest BCUT2D eigenvalue weighted by Crippen LogP contribution is -2.41. The van der Waals surface area contributed by atoms with Crippen LogP contribution < -0.4 is 5.32 Å². The van der Waals surface area contributed by atoms with Crippen molar-refractivity contribution in [3.63, 3.8) is 0 Å². The molecule has 1 rings (SSSR count). The number of hydrogen-bond donors (Lipinski definition) is 1. The molecular weight excluding hydrogens is 234 g/mol. The van der Waals surface area contributed by atoms with E-state index in [9.17, 15) is 0 Å². The summed E-state index contributed by atoms with van der Waals surface area (Å²) in [5.74, 6) is 0.600. The van der Waals surface area contributed by atoms with Crippen molar-refractivity contribution in [2.45, 2.75) is 52.7 Å². The third kappa shape index (κ3) is 4.96. The van der Waals surface area contributed by atoms with Crippen LogP contribution in [0.15, 0.2) is 30.3 Å². The summed E-state index contributed by atoms with van der Waals surface area (Å²) < 4.78 is 6.05. The summed E-state index contributed by atoms with van der Waals surface area (Å²) in [6.07, 6.45) is 2.46. The molecule has 2 nitrogen and oxygen atoms in total. The van der Waals surface area contributed by atoms with Crippen molar-refractivity contribution >= 4 is 0 Å². The third-order valence-electron chi connectivity index (χ3n) is 3.69. The minimum atomic E-state index is 0.146. The van der Waals surface area contributed by atoms with E-state index in [1.807, 2.05) is 0 Å². The topological polar surface area (TPSA) is 21.3 Å². The number of ether oxygens (including phenoxy) is 1. The van der Waals surface area contributed by atoms with Gasteiger partial charge in [0.2, 0.25) is 0 Å². The van der Waals surface area contributed by atoms with Crippen LogP contribution in [0.2, 0.25) is 0 Å². The van der Waals surface area contributed by atoms with Gasteiger partial charge in [0.1, 0.15) is 0 Å². The second-order valence-corrected chi connectivity index (χ2v) is 5.15. The monoisotopic (exact) mass is 263 g/mol. The van der Waals surface area contributed by atoms with Gasteiger partial charge in [0.25, 0.3) is 0 Å². The second kappa shape index (κ2) is 9.11. The molecule has 3 atom stereocenters. The van der Waals surface area contributed by atoms with Gasteiger partial charge in [-0.05, 0) is 31.4 Å². The highest BCUT2D eigenvalue weighted by Gasteiger charge is 2.27. The molecule has 1 N–H and O–H groups in total. The maximum absolute atomic E-state index is 6.05. The Hall–Kier alpha value is -0.860. The normalized spacial score (nSPS) is 16.0. The van der Waals surface area contributed by atoms with E-state index in [0.717, 1.165) is 26.0 Å². The van der Waals surface area contributed by atoms with Gasteiger partial charge in [-0.25, -0.2) is 0 Å². The molecule has 0 amide bonds. The average Bonchev–Trinajstić information content (AvgIpc) is 2.47. The quantitative estimate of drug-likeness (QED) is 0.721. The van der Waals surface area contributed by atoms with Crippen molar-refractivity contribution in [2.75, 3.05) is 13.2 Å². The van der Waals surface area contributed by atoms with Gasteiger partial charge in [-0.1, -0.05) is 57.5 Å². The summed E-state index contributed by atoms with van der Waals surface area (Å²) in [7, 11) is 0. The van der Waals surface area contributed by atoms with Crippen LogP contribution in [-0.4, -0.2) is 19.2 Å². The van der Waals surface area contributed by atoms with Crippen LogP contribution in [0.25, 0.3) is 0 Å². The first-order valence-corrected chi connectivity index (χ1v) is 7.64. The Labute approximate surface area is 118 Å². The summed E-state index contributed by atoms with van der Waals surface area (Å²) in [5.41, 5.74) is 1.28. The Morgan fingerprint density at radius 3 is 2.32 bits per heavy atom. The summed E-state index contributed by atoms with van der Waals surface area (Å²) >= 11 is 0. The van der Waals surface area contributed by atoms with Crippen LogP contribution in [0, 0.1) is 5.92 Å². The third-order valence-corrected chi connectivity index (χ3v) is 3.69. The highest BCUT2D eigenvalue weighted by molar-refractivity contribution is 5.19. The lowest BCUT2D eigenvalue weighted by atomic mass is 9.90. The molecule has 0 aliphatic rings. The SMILES string of the molecule is CCCNC(C(C)CC)C(OCC)c1ccccc1. The van der Waals surface area contributed by atoms with E-state index in [1.54, 1.807) is 0 Å². The van der Waals surface area contributed by atoms with Crippen LogP contribution in [0.4, 0.5) is 0 Å². The van der Waals surface area contributed by atoms with Gasteiger partial charge in [0, 0.05) is 12.6 Å². The number of benzene rings is 1. The summed E-state index contributed by atoms with van der Waals surface area (Å²) in [5, 5.41) is 3.68. The Morgan fingerprint density at radius 2 is 1.79 bits per heavy atom. The molecule has 1 aromatic carbocycles. The molecule has 0 bridgehead atoms. The molecule has 19 heavy (non-hydrogen) atoms. The average molecular weight is 263 g/mol. The van der Waals surface area contributed by atoms with Crippen molar-refractivity contribution in [2.24, 2.45) is 5.92 Å². The van der Waals surface area contributed by atoms with Gasteiger partial charge >= 0.3 is 0 Å². The first-order valence-electron chi connectivity index (χ1n) is 7.64. The predicted octanol–water partition coefficient (Wildman–Crippen LogP) is 4.18. The molecule has 0 saturated carbocycles. The fourth-order valence-electron chi connectivity index (χ4n) is 2.40. The molecule has 0 heterocycles. The lowest BCUT2D eigenvalue weighted by molar-refractivity contribution is 0.0176. The van der Waals surface area contributed by atoms with Crippen LogP contribution in [0.5, 0.6) is 0 Å². The summed E-state index contributed by atoms with van der Waals surface area (Å²) in [6.45, 7) is 10.6. The van der Waals surface area contributed by atoms with E-state index in [1.165, 1.54) is 5.56 Å². The molecular formula is C17H29NO. The van der Waals surface area contributed by atoms with Gasteiger partial charge in [-0.2, -0.15) is 0 Å². The fourth-order valence-corrected chi connectivity index (χ4v) is 2.40. The van der Waals surface area contributed by atoms with E-state index < -0.39 is 0 Å². The smallest absolute Gasteiger partial charge is 0.0980 e. The zero-order valence-corrected chi connectivity index (χ0v) is 12.9. The van der Waals surface area contributed by atoms with E-state index in [-0.39, 0.29) is 6.10 Å². The molecule has 108 valence electrons. The molecule has 0 saturated heterocycles. The first kappa shape index (κ1) is 16.2. The minimum Gasteiger partial charge on any atom is -0.372 e. The first-order chi connectivity index (χ1) is 9.24. The van der Waals surface area contributed by atoms with Crippen LogP contribution >= 0.6 is 0 Å². The molecule has 0 aliphatic heterocycles. The predicted molar refractivity (Wildman–Crippen MR) is 82.3 cm³/mol. The van der Waals surface area contributed by atoms with Gasteiger partial charge in [-0.3, -0.25) is 0 Å². The number of rotatable bonds is 9. The maximum atomic E-state index is 6.05. The molecule has 0 radical (unpaired) electrons. The lowest BCUT2D eigenvalue weighted by Gasteiger charge is -2.32. The second-order valence-electron chi connectivity index (χ2n) is 5.15. The van der Waals surface area contributed by atoms with Gasteiger partial charge in [-0.15, -0.1) is 0 Å². The Kier molecular flexibility index (Phi) is 7.76. The number of nitrogens with one attached hydrogen (secondary N) is 1. The Bertz CT molecular complexity index is 325. The van der Waals surface area contributed by atoms with E-state index in [2.05, 4.69) is 63.3 Å². The van der Waals surface area contributed by atoms with Crippen LogP contribution in [0.1, 0.15) is 52.2 Å². The molecule has 0 fully saturated rings. The van der Waals surface area contributed by atoms with Gasteiger partial charge in [0.15, 0.2) is 0 Å². The van der Waals surface area contributed by atoms with Crippen molar-refractivity contribution in [3.05, 3.63) is 35.9 Å². The molecule has 0 aromatic heterocycles. The van der Waals surface area contributed by atoms with E-state index >= 15 is 0 Å². The molecule has 1 aromatic rings. The maximum Gasteiger partial charge on any atom is 0.0980 e. The summed E-state index contributed by atoms with van der Waals surface area (Å²) in [4.78, 5) is 0. The number of hydrogen-bond acceptors (Lipinski definition) is 2. The Balaban J connectivity index is 2.90. The largest absolute Gasteiger partial charge is 0.372 e. The van der Waals surface area contributed by atoms with Crippen molar-refractivity contribution in [3.8, 4) is 0 Å². The van der Waals surface area contributed by atoms with Crippen LogP contribution in [-0.2, 0) is 4.74 Å². The standard InChI is InChI=1S/C17H29NO/c1-5-13-18-16(14(4)6-2)17(19-7-3)15-11-9-8-10-12-15/h8-12,14,16-18H,5-7,13H2,1-4H3. The highest BCUT2D eigenvalue weighted by Crippen LogP contribution is 2.27. The van der Waals surface area contributed by atoms with Gasteiger partial charge < -0.3 is 10.1 Å². The van der Waals surface area contributed by atoms with Crippen molar-refractivity contribution in [1.82, 2.24) is 5.32 Å². The minimum absolute atomic E-state index is 0.146. The van der Waals surface area contributed by atoms with Gasteiger partial charge in [0.05, 0.1) is 6.10 Å². The molecule has 2 heteroatoms. The molecule has 0 aliphatic carbocycles. The van der Waals surface area contributed by atoms with E-state index in [4.69, 9.17) is 4.74 Å². The van der Waals surface area contributed by atoms with Crippen LogP contribution in [0.3, 0.4) is 0 Å². The summed E-state index contributed by atoms with van der Waals surface area (Å²) in [6, 6.07) is 11.0. The highest BCUT2D eigenvalue weighted by atomic mass is 16.5. The Morgan fingerprint density at radius 1 is 1.11 bits per heavy atom. The zero-order chi connectivity index (χ0) is 14.1. The molecule has 0 spiro atoms. The molecule has 3 unspecified atom stereocenters. The fraction of sp³-hybridized carbons (Fsp3) is 0.647. The zero-order valence-electron chi connectivity index (χ0n) is 12.9. The van der Waals surface area contributed by atoms with Crippen molar-refractivity contribution < 1.29 is 4.74 Å².